The summed E-state index contributed by atoms with van der Waals surface area (Å²) in [6.45, 7) is 1.75. The second-order valence-electron chi connectivity index (χ2n) is 5.28. The highest BCUT2D eigenvalue weighted by molar-refractivity contribution is 7.89. The Bertz CT molecular complexity index is 586. The lowest BCUT2D eigenvalue weighted by Gasteiger charge is -2.23. The van der Waals surface area contributed by atoms with Gasteiger partial charge in [-0.05, 0) is 45.8 Å². The van der Waals surface area contributed by atoms with Gasteiger partial charge >= 0.3 is 0 Å². The molecule has 1 fully saturated rings. The minimum absolute atomic E-state index is 0.248. The molecule has 1 heterocycles. The summed E-state index contributed by atoms with van der Waals surface area (Å²) in [5.41, 5.74) is 7.41. The van der Waals surface area contributed by atoms with Crippen molar-refractivity contribution < 1.29 is 8.42 Å². The van der Waals surface area contributed by atoms with Crippen LogP contribution < -0.4 is 15.4 Å². The normalized spacial score (nSPS) is 19.8. The Morgan fingerprint density at radius 2 is 2.10 bits per heavy atom. The van der Waals surface area contributed by atoms with E-state index in [4.69, 9.17) is 5.73 Å². The molecule has 1 unspecified atom stereocenters. The highest BCUT2D eigenvalue weighted by Gasteiger charge is 2.26. The Hall–Kier alpha value is -1.31. The number of benzene rings is 1. The van der Waals surface area contributed by atoms with Crippen LogP contribution in [0.3, 0.4) is 0 Å². The number of likely N-dealkylation sites (N-methyl/N-ethyl adjacent to an activating group) is 1. The summed E-state index contributed by atoms with van der Waals surface area (Å²) in [5.74, 6) is 0. The average Bonchev–Trinajstić information content (AvgIpc) is 2.88. The first-order valence-electron chi connectivity index (χ1n) is 6.59. The molecule has 0 spiro atoms. The third-order valence-electron chi connectivity index (χ3n) is 3.82. The zero-order chi connectivity index (χ0) is 14.9. The van der Waals surface area contributed by atoms with Crippen molar-refractivity contribution in [2.24, 2.45) is 0 Å². The van der Waals surface area contributed by atoms with Crippen LogP contribution in [0.25, 0.3) is 0 Å². The lowest BCUT2D eigenvalue weighted by atomic mass is 10.2. The molecule has 1 atom stereocenters. The van der Waals surface area contributed by atoms with Crippen LogP contribution in [0.5, 0.6) is 0 Å². The number of nitrogens with one attached hydrogen (secondary N) is 1. The zero-order valence-corrected chi connectivity index (χ0v) is 12.9. The van der Waals surface area contributed by atoms with Crippen molar-refractivity contribution in [2.75, 3.05) is 44.9 Å². The largest absolute Gasteiger partial charge is 0.397 e. The van der Waals surface area contributed by atoms with E-state index in [1.165, 1.54) is 13.1 Å². The van der Waals surface area contributed by atoms with Crippen LogP contribution in [0.4, 0.5) is 11.4 Å². The van der Waals surface area contributed by atoms with Gasteiger partial charge in [0.2, 0.25) is 10.0 Å². The number of nitrogens with two attached hydrogens (primary N) is 1. The summed E-state index contributed by atoms with van der Waals surface area (Å²) >= 11 is 0. The van der Waals surface area contributed by atoms with Crippen LogP contribution in [-0.2, 0) is 10.0 Å². The number of anilines is 2. The Balaban J connectivity index is 2.31. The summed E-state index contributed by atoms with van der Waals surface area (Å²) in [6, 6.07) is 5.31. The van der Waals surface area contributed by atoms with Gasteiger partial charge in [0, 0.05) is 19.1 Å². The molecule has 20 heavy (non-hydrogen) atoms. The fourth-order valence-electron chi connectivity index (χ4n) is 2.46. The van der Waals surface area contributed by atoms with Gasteiger partial charge in [-0.2, -0.15) is 0 Å². The van der Waals surface area contributed by atoms with E-state index in [2.05, 4.69) is 28.6 Å². The van der Waals surface area contributed by atoms with Crippen molar-refractivity contribution in [3.63, 3.8) is 0 Å². The highest BCUT2D eigenvalue weighted by atomic mass is 32.2. The van der Waals surface area contributed by atoms with E-state index in [0.29, 0.717) is 11.7 Å². The van der Waals surface area contributed by atoms with Crippen molar-refractivity contribution in [3.05, 3.63) is 18.2 Å². The van der Waals surface area contributed by atoms with Crippen LogP contribution in [-0.4, -0.2) is 53.6 Å². The van der Waals surface area contributed by atoms with Crippen molar-refractivity contribution in [1.82, 2.24) is 9.62 Å². The van der Waals surface area contributed by atoms with E-state index in [-0.39, 0.29) is 4.90 Å². The molecule has 1 saturated heterocycles. The molecule has 0 radical (unpaired) electrons. The SMILES string of the molecule is CNS(=O)(=O)c1ccc(N)c(N2CCC(N(C)C)C2)c1. The van der Waals surface area contributed by atoms with Crippen molar-refractivity contribution in [2.45, 2.75) is 17.4 Å². The topological polar surface area (TPSA) is 78.7 Å². The van der Waals surface area contributed by atoms with E-state index in [0.717, 1.165) is 25.2 Å². The molecule has 3 N–H and O–H groups in total. The van der Waals surface area contributed by atoms with Crippen LogP contribution in [0.15, 0.2) is 23.1 Å². The van der Waals surface area contributed by atoms with E-state index in [1.54, 1.807) is 12.1 Å². The standard InChI is InChI=1S/C13H22N4O2S/c1-15-20(18,19)11-4-5-12(14)13(8-11)17-7-6-10(9-17)16(2)3/h4-5,8,10,15H,6-7,9,14H2,1-3H3. The Morgan fingerprint density at radius 1 is 1.40 bits per heavy atom. The average molecular weight is 298 g/mol. The van der Waals surface area contributed by atoms with Gasteiger partial charge in [0.1, 0.15) is 0 Å². The third kappa shape index (κ3) is 2.89. The maximum absolute atomic E-state index is 11.9. The van der Waals surface area contributed by atoms with Crippen molar-refractivity contribution >= 4 is 21.4 Å². The summed E-state index contributed by atoms with van der Waals surface area (Å²) in [5, 5.41) is 0. The summed E-state index contributed by atoms with van der Waals surface area (Å²) in [7, 11) is 2.08. The first-order valence-corrected chi connectivity index (χ1v) is 8.08. The summed E-state index contributed by atoms with van der Waals surface area (Å²) in [4.78, 5) is 4.58. The molecule has 1 aromatic rings. The lowest BCUT2D eigenvalue weighted by Crippen LogP contribution is -2.31. The van der Waals surface area contributed by atoms with Gasteiger partial charge in [-0.25, -0.2) is 13.1 Å². The van der Waals surface area contributed by atoms with E-state index in [9.17, 15) is 8.42 Å². The second-order valence-corrected chi connectivity index (χ2v) is 7.17. The van der Waals surface area contributed by atoms with Crippen LogP contribution in [0.2, 0.25) is 0 Å². The smallest absolute Gasteiger partial charge is 0.240 e. The van der Waals surface area contributed by atoms with E-state index < -0.39 is 10.0 Å². The van der Waals surface area contributed by atoms with E-state index >= 15 is 0 Å². The van der Waals surface area contributed by atoms with Gasteiger partial charge in [0.25, 0.3) is 0 Å². The van der Waals surface area contributed by atoms with Crippen LogP contribution >= 0.6 is 0 Å². The number of hydrogen-bond acceptors (Lipinski definition) is 5. The number of nitrogens with zero attached hydrogens (tertiary/aromatic N) is 2. The molecule has 2 rings (SSSR count). The molecule has 1 aliphatic heterocycles. The van der Waals surface area contributed by atoms with Gasteiger partial charge < -0.3 is 15.5 Å². The minimum atomic E-state index is -3.44. The van der Waals surface area contributed by atoms with Crippen LogP contribution in [0, 0.1) is 0 Å². The number of hydrogen-bond donors (Lipinski definition) is 2. The molecule has 0 aromatic heterocycles. The molecule has 112 valence electrons. The molecule has 0 amide bonds. The third-order valence-corrected chi connectivity index (χ3v) is 5.23. The fourth-order valence-corrected chi connectivity index (χ4v) is 3.21. The number of sulfonamides is 1. The molecule has 7 heteroatoms. The highest BCUT2D eigenvalue weighted by Crippen LogP contribution is 2.30. The molecular formula is C13H22N4O2S. The van der Waals surface area contributed by atoms with Gasteiger partial charge in [0.05, 0.1) is 16.3 Å². The fraction of sp³-hybridized carbons (Fsp3) is 0.538. The van der Waals surface area contributed by atoms with Crippen LogP contribution in [0.1, 0.15) is 6.42 Å². The molecule has 0 bridgehead atoms. The Morgan fingerprint density at radius 3 is 2.65 bits per heavy atom. The zero-order valence-electron chi connectivity index (χ0n) is 12.1. The van der Waals surface area contributed by atoms with Gasteiger partial charge in [-0.3, -0.25) is 0 Å². The molecule has 0 saturated carbocycles. The van der Waals surface area contributed by atoms with Gasteiger partial charge in [-0.1, -0.05) is 0 Å². The molecule has 6 nitrogen and oxygen atoms in total. The van der Waals surface area contributed by atoms with Crippen molar-refractivity contribution in [3.8, 4) is 0 Å². The molecule has 0 aliphatic carbocycles. The predicted octanol–water partition coefficient (Wildman–Crippen LogP) is 0.317. The second kappa shape index (κ2) is 5.59. The molecular weight excluding hydrogens is 276 g/mol. The van der Waals surface area contributed by atoms with Crippen molar-refractivity contribution in [1.29, 1.82) is 0 Å². The minimum Gasteiger partial charge on any atom is -0.397 e. The Labute approximate surface area is 120 Å². The predicted molar refractivity (Wildman–Crippen MR) is 81.4 cm³/mol. The quantitative estimate of drug-likeness (QED) is 0.783. The van der Waals surface area contributed by atoms with Gasteiger partial charge in [0.15, 0.2) is 0 Å². The monoisotopic (exact) mass is 298 g/mol. The summed E-state index contributed by atoms with van der Waals surface area (Å²) in [6.07, 6.45) is 1.05. The number of rotatable bonds is 4. The maximum Gasteiger partial charge on any atom is 0.240 e. The van der Waals surface area contributed by atoms with Gasteiger partial charge in [-0.15, -0.1) is 0 Å². The lowest BCUT2D eigenvalue weighted by molar-refractivity contribution is 0.315. The molecule has 1 aromatic carbocycles. The Kier molecular flexibility index (Phi) is 4.22. The number of nitrogen functional groups attached to an aromatic ring is 1. The first-order chi connectivity index (χ1) is 9.35. The van der Waals surface area contributed by atoms with E-state index in [1.807, 2.05) is 0 Å². The maximum atomic E-state index is 11.9. The molecule has 1 aliphatic rings. The summed E-state index contributed by atoms with van der Waals surface area (Å²) < 4.78 is 26.1. The first kappa shape index (κ1) is 15.1.